The molecule has 0 aromatic heterocycles. The minimum absolute atomic E-state index is 0.197. The van der Waals surface area contributed by atoms with Crippen LogP contribution in [-0.2, 0) is 21.4 Å². The molecule has 1 aromatic rings. The van der Waals surface area contributed by atoms with Gasteiger partial charge in [0.15, 0.2) is 5.78 Å². The van der Waals surface area contributed by atoms with Crippen molar-refractivity contribution in [1.29, 1.82) is 0 Å². The fraction of sp³-hybridized carbons (Fsp3) is 0.820. The molecule has 7 aliphatic rings. The number of allylic oxidation sites excluding steroid dienone is 1. The van der Waals surface area contributed by atoms with Crippen molar-refractivity contribution >= 4 is 5.78 Å². The van der Waals surface area contributed by atoms with Gasteiger partial charge in [-0.1, -0.05) is 86.1 Å². The molecule has 0 amide bonds. The van der Waals surface area contributed by atoms with Crippen LogP contribution in [0.15, 0.2) is 29.8 Å². The first-order valence-corrected chi connectivity index (χ1v) is 22.7. The molecule has 294 valence electrons. The molecule has 0 bridgehead atoms. The molecule has 0 heterocycles. The number of ketones is 1. The summed E-state index contributed by atoms with van der Waals surface area (Å²) >= 11 is 0. The van der Waals surface area contributed by atoms with Gasteiger partial charge in [-0.15, -0.1) is 0 Å². The minimum atomic E-state index is 0.197. The van der Waals surface area contributed by atoms with Crippen LogP contribution in [0.4, 0.5) is 0 Å². The number of ether oxygens (including phenoxy) is 1. The SMILES string of the molecule is CC(C)c1ccc2c(c1)[C@@]1(C)CC[C@@H]3C(C)(C)[C@H](C(OCCCO)[C@@H](C)[C@H]4CC[C@H]5[C@@H]6CCC7=CC(=O)CC[C@]7(C)[C@H]6CC[C@]45C)CC[C@@]3(C)[C@@H]1CC2. The molecule has 0 radical (unpaired) electrons. The Labute approximate surface area is 324 Å². The van der Waals surface area contributed by atoms with Crippen molar-refractivity contribution in [3.05, 3.63) is 46.5 Å². The Morgan fingerprint density at radius 3 is 2.28 bits per heavy atom. The number of hydrogen-bond acceptors (Lipinski definition) is 3. The van der Waals surface area contributed by atoms with Crippen LogP contribution in [-0.4, -0.2) is 30.2 Å². The third-order valence-corrected chi connectivity index (χ3v) is 19.5. The van der Waals surface area contributed by atoms with Crippen LogP contribution in [0.1, 0.15) is 175 Å². The maximum atomic E-state index is 12.5. The Morgan fingerprint density at radius 2 is 1.53 bits per heavy atom. The molecule has 0 aliphatic heterocycles. The van der Waals surface area contributed by atoms with E-state index in [9.17, 15) is 9.90 Å². The maximum absolute atomic E-state index is 12.5. The zero-order chi connectivity index (χ0) is 37.7. The van der Waals surface area contributed by atoms with E-state index >= 15 is 0 Å². The quantitative estimate of drug-likeness (QED) is 0.272. The molecule has 0 spiro atoms. The molecular weight excluding hydrogens is 649 g/mol. The van der Waals surface area contributed by atoms with Crippen molar-refractivity contribution in [3.8, 4) is 0 Å². The highest BCUT2D eigenvalue weighted by molar-refractivity contribution is 5.91. The second-order valence-corrected chi connectivity index (χ2v) is 22.1. The lowest BCUT2D eigenvalue weighted by Gasteiger charge is -2.66. The summed E-state index contributed by atoms with van der Waals surface area (Å²) in [6.45, 7) is 24.2. The third-order valence-electron chi connectivity index (χ3n) is 19.5. The van der Waals surface area contributed by atoms with Gasteiger partial charge in [0.05, 0.1) is 6.10 Å². The summed E-state index contributed by atoms with van der Waals surface area (Å²) in [5.41, 5.74) is 7.73. The van der Waals surface area contributed by atoms with Crippen LogP contribution in [0.5, 0.6) is 0 Å². The van der Waals surface area contributed by atoms with E-state index in [4.69, 9.17) is 4.74 Å². The standard InChI is InChI=1S/C50H76O3/c1-31(2)34-12-11-33-13-18-44-49(8,42(33)29-34)26-22-43-46(4,5)41(21-25-50(43,44)9)45(53-28-10-27-51)32(3)38-16-17-39-37-15-14-35-30-36(52)19-23-47(35,6)40(37)20-24-48(38,39)7/h11-12,29-32,37-41,43-45,51H,10,13-28H2,1-9H3/t32-,37-,38+,39-,40-,41-,43+,44+,45?,47-,48+,49+,50+/m0/s1. The van der Waals surface area contributed by atoms with Crippen molar-refractivity contribution < 1.29 is 14.6 Å². The fourth-order valence-corrected chi connectivity index (χ4v) is 16.8. The average Bonchev–Trinajstić information content (AvgIpc) is 3.47. The zero-order valence-electron chi connectivity index (χ0n) is 35.4. The van der Waals surface area contributed by atoms with E-state index in [0.29, 0.717) is 52.8 Å². The second kappa shape index (κ2) is 13.6. The van der Waals surface area contributed by atoms with Gasteiger partial charge in [0.1, 0.15) is 0 Å². The molecule has 3 nitrogen and oxygen atoms in total. The highest BCUT2D eigenvalue weighted by Crippen LogP contribution is 2.71. The van der Waals surface area contributed by atoms with Crippen LogP contribution < -0.4 is 0 Å². The first-order valence-electron chi connectivity index (χ1n) is 22.7. The first kappa shape index (κ1) is 38.4. The number of aryl methyl sites for hydroxylation is 1. The highest BCUT2D eigenvalue weighted by Gasteiger charge is 2.65. The minimum Gasteiger partial charge on any atom is -0.396 e. The van der Waals surface area contributed by atoms with Crippen molar-refractivity contribution in [3.63, 3.8) is 0 Å². The van der Waals surface area contributed by atoms with Gasteiger partial charge < -0.3 is 9.84 Å². The number of hydrogen-bond donors (Lipinski definition) is 1. The molecule has 1 unspecified atom stereocenters. The fourth-order valence-electron chi connectivity index (χ4n) is 16.8. The van der Waals surface area contributed by atoms with E-state index < -0.39 is 0 Å². The lowest BCUT2D eigenvalue weighted by atomic mass is 9.38. The lowest BCUT2D eigenvalue weighted by molar-refractivity contribution is -0.180. The summed E-state index contributed by atoms with van der Waals surface area (Å²) in [7, 11) is 0. The van der Waals surface area contributed by atoms with Crippen LogP contribution in [0, 0.1) is 69.0 Å². The Hall–Kier alpha value is -1.45. The van der Waals surface area contributed by atoms with Gasteiger partial charge in [0, 0.05) is 19.6 Å². The molecule has 1 N–H and O–H groups in total. The van der Waals surface area contributed by atoms with Crippen LogP contribution >= 0.6 is 0 Å². The summed E-state index contributed by atoms with van der Waals surface area (Å²) in [6.07, 6.45) is 20.5. The van der Waals surface area contributed by atoms with E-state index in [1.165, 1.54) is 81.8 Å². The molecule has 53 heavy (non-hydrogen) atoms. The molecule has 5 saturated carbocycles. The van der Waals surface area contributed by atoms with E-state index in [0.717, 1.165) is 49.4 Å². The lowest BCUT2D eigenvalue weighted by Crippen LogP contribution is -2.61. The van der Waals surface area contributed by atoms with Gasteiger partial charge in [-0.2, -0.15) is 0 Å². The van der Waals surface area contributed by atoms with E-state index in [2.05, 4.69) is 86.6 Å². The second-order valence-electron chi connectivity index (χ2n) is 22.1. The van der Waals surface area contributed by atoms with Gasteiger partial charge in [-0.25, -0.2) is 0 Å². The summed E-state index contributed by atoms with van der Waals surface area (Å²) in [5, 5.41) is 9.90. The number of fused-ring (bicyclic) bond motifs is 10. The van der Waals surface area contributed by atoms with Crippen LogP contribution in [0.2, 0.25) is 0 Å². The number of rotatable bonds is 8. The highest BCUT2D eigenvalue weighted by atomic mass is 16.5. The number of carbonyl (C=O) groups is 1. The van der Waals surface area contributed by atoms with Gasteiger partial charge in [0.2, 0.25) is 0 Å². The van der Waals surface area contributed by atoms with Crippen molar-refractivity contribution in [1.82, 2.24) is 0 Å². The number of aliphatic hydroxyl groups excluding tert-OH is 1. The number of carbonyl (C=O) groups excluding carboxylic acids is 1. The molecular formula is C50H76O3. The van der Waals surface area contributed by atoms with Gasteiger partial charge in [0.25, 0.3) is 0 Å². The molecule has 13 atom stereocenters. The summed E-state index contributed by atoms with van der Waals surface area (Å²) < 4.78 is 7.18. The third kappa shape index (κ3) is 5.78. The number of aliphatic hydroxyl groups is 1. The summed E-state index contributed by atoms with van der Waals surface area (Å²) in [5.74, 6) is 6.47. The van der Waals surface area contributed by atoms with Gasteiger partial charge in [-0.05, 0) is 193 Å². The molecule has 5 fully saturated rings. The monoisotopic (exact) mass is 725 g/mol. The molecule has 1 aromatic carbocycles. The predicted molar refractivity (Wildman–Crippen MR) is 218 cm³/mol. The Balaban J connectivity index is 1.06. The topological polar surface area (TPSA) is 46.5 Å². The maximum Gasteiger partial charge on any atom is 0.155 e. The van der Waals surface area contributed by atoms with Crippen molar-refractivity contribution in [2.45, 2.75) is 176 Å². The smallest absolute Gasteiger partial charge is 0.155 e. The Morgan fingerprint density at radius 1 is 0.755 bits per heavy atom. The van der Waals surface area contributed by atoms with E-state index in [1.54, 1.807) is 11.1 Å². The molecule has 0 saturated heterocycles. The van der Waals surface area contributed by atoms with Gasteiger partial charge in [-0.3, -0.25) is 4.79 Å². The summed E-state index contributed by atoms with van der Waals surface area (Å²) in [6, 6.07) is 7.52. The van der Waals surface area contributed by atoms with E-state index in [-0.39, 0.29) is 29.0 Å². The van der Waals surface area contributed by atoms with Gasteiger partial charge >= 0.3 is 0 Å². The Kier molecular flexibility index (Phi) is 9.86. The average molecular weight is 725 g/mol. The van der Waals surface area contributed by atoms with Crippen LogP contribution in [0.25, 0.3) is 0 Å². The summed E-state index contributed by atoms with van der Waals surface area (Å²) in [4.78, 5) is 12.5. The van der Waals surface area contributed by atoms with E-state index in [1.807, 2.05) is 0 Å². The zero-order valence-corrected chi connectivity index (χ0v) is 35.4. The number of benzene rings is 1. The molecule has 8 rings (SSSR count). The normalized spacial score (nSPS) is 44.1. The van der Waals surface area contributed by atoms with Crippen molar-refractivity contribution in [2.75, 3.05) is 13.2 Å². The molecule has 3 heteroatoms. The largest absolute Gasteiger partial charge is 0.396 e. The van der Waals surface area contributed by atoms with Crippen LogP contribution in [0.3, 0.4) is 0 Å². The van der Waals surface area contributed by atoms with Crippen molar-refractivity contribution in [2.24, 2.45) is 69.0 Å². The molecule has 7 aliphatic carbocycles. The Bertz CT molecular complexity index is 1590. The first-order chi connectivity index (χ1) is 25.1. The predicted octanol–water partition coefficient (Wildman–Crippen LogP) is 12.0.